The fraction of sp³-hybridized carbons (Fsp3) is 0.0476. The van der Waals surface area contributed by atoms with Crippen molar-refractivity contribution in [1.29, 1.82) is 0 Å². The minimum atomic E-state index is -0.283. The van der Waals surface area contributed by atoms with Gasteiger partial charge in [-0.15, -0.1) is 11.3 Å². The van der Waals surface area contributed by atoms with E-state index < -0.39 is 0 Å². The van der Waals surface area contributed by atoms with Crippen molar-refractivity contribution in [1.82, 2.24) is 5.32 Å². The normalized spacial score (nSPS) is 13.3. The average Bonchev–Trinajstić information content (AvgIpc) is 3.54. The number of nitrogens with two attached hydrogens (primary N) is 1. The lowest BCUT2D eigenvalue weighted by atomic mass is 9.93. The Morgan fingerprint density at radius 3 is 2.09 bits per heavy atom. The lowest BCUT2D eigenvalue weighted by Crippen LogP contribution is -2.31. The van der Waals surface area contributed by atoms with Gasteiger partial charge in [-0.05, 0) is 84.2 Å². The van der Waals surface area contributed by atoms with Gasteiger partial charge in [-0.25, -0.2) is 0 Å². The number of thiophene rings is 1. The van der Waals surface area contributed by atoms with Crippen molar-refractivity contribution in [2.24, 2.45) is 5.73 Å². The highest BCUT2D eigenvalue weighted by atomic mass is 32.1. The van der Waals surface area contributed by atoms with Gasteiger partial charge in [-0.2, -0.15) is 0 Å². The van der Waals surface area contributed by atoms with Crippen LogP contribution in [0.4, 0.5) is 0 Å². The molecule has 0 saturated carbocycles. The molecule has 3 heteroatoms. The van der Waals surface area contributed by atoms with Crippen molar-refractivity contribution in [3.63, 3.8) is 0 Å². The predicted octanol–water partition coefficient (Wildman–Crippen LogP) is 11.0. The van der Waals surface area contributed by atoms with Gasteiger partial charge in [0.15, 0.2) is 0 Å². The summed E-state index contributed by atoms with van der Waals surface area (Å²) in [6, 6.07) is 54.3. The minimum absolute atomic E-state index is 0.0280. The Morgan fingerprint density at radius 2 is 1.29 bits per heavy atom. The molecule has 7 aromatic carbocycles. The molecule has 1 heterocycles. The zero-order valence-corrected chi connectivity index (χ0v) is 25.5. The van der Waals surface area contributed by atoms with Gasteiger partial charge in [0.1, 0.15) is 0 Å². The standard InChI is InChI=1S/C42H32N2S/c43-42(30-9-2-1-3-10-30)44-39(41-27-34-13-6-7-16-40(34)45-41)24-19-28-17-20-29(21-18-28)35-14-8-15-36-37(35)23-22-33-25-31-11-4-5-12-32(31)26-38(33)36/h1-27,39,42,44H,43H2/b24-19+. The third kappa shape index (κ3) is 5.43. The quantitative estimate of drug-likeness (QED) is 0.109. The molecule has 45 heavy (non-hydrogen) atoms. The van der Waals surface area contributed by atoms with E-state index in [2.05, 4.69) is 151 Å². The Morgan fingerprint density at radius 1 is 0.556 bits per heavy atom. The van der Waals surface area contributed by atoms with Gasteiger partial charge in [0.05, 0.1) is 12.2 Å². The van der Waals surface area contributed by atoms with Crippen LogP contribution in [0.15, 0.2) is 158 Å². The van der Waals surface area contributed by atoms with Crippen molar-refractivity contribution in [3.8, 4) is 11.1 Å². The second kappa shape index (κ2) is 11.8. The van der Waals surface area contributed by atoms with Gasteiger partial charge in [-0.1, -0.05) is 140 Å². The molecule has 0 aliphatic heterocycles. The second-order valence-corrected chi connectivity index (χ2v) is 12.7. The lowest BCUT2D eigenvalue weighted by molar-refractivity contribution is 0.514. The molecule has 8 aromatic rings. The van der Waals surface area contributed by atoms with Crippen LogP contribution in [-0.2, 0) is 0 Å². The van der Waals surface area contributed by atoms with Crippen LogP contribution in [0.2, 0.25) is 0 Å². The monoisotopic (exact) mass is 596 g/mol. The summed E-state index contributed by atoms with van der Waals surface area (Å²) in [7, 11) is 0. The number of hydrogen-bond donors (Lipinski definition) is 2. The molecule has 0 bridgehead atoms. The van der Waals surface area contributed by atoms with E-state index in [-0.39, 0.29) is 12.2 Å². The first-order valence-electron chi connectivity index (χ1n) is 15.4. The van der Waals surface area contributed by atoms with E-state index >= 15 is 0 Å². The smallest absolute Gasteiger partial charge is 0.0817 e. The number of rotatable bonds is 7. The molecule has 0 aliphatic rings. The summed E-state index contributed by atoms with van der Waals surface area (Å²) < 4.78 is 1.28. The fourth-order valence-corrected chi connectivity index (χ4v) is 7.46. The number of benzene rings is 7. The molecule has 3 N–H and O–H groups in total. The van der Waals surface area contributed by atoms with Gasteiger partial charge in [-0.3, -0.25) is 5.32 Å². The molecule has 0 amide bonds. The van der Waals surface area contributed by atoms with E-state index in [9.17, 15) is 0 Å². The summed E-state index contributed by atoms with van der Waals surface area (Å²) in [6.07, 6.45) is 4.15. The van der Waals surface area contributed by atoms with Crippen molar-refractivity contribution < 1.29 is 0 Å². The molecule has 2 atom stereocenters. The Balaban J connectivity index is 1.11. The third-order valence-electron chi connectivity index (χ3n) is 8.72. The second-order valence-electron chi connectivity index (χ2n) is 11.6. The highest BCUT2D eigenvalue weighted by Gasteiger charge is 2.16. The van der Waals surface area contributed by atoms with E-state index in [1.54, 1.807) is 0 Å². The maximum Gasteiger partial charge on any atom is 0.0817 e. The molecular formula is C42H32N2S. The molecular weight excluding hydrogens is 565 g/mol. The molecule has 2 unspecified atom stereocenters. The van der Waals surface area contributed by atoms with Crippen LogP contribution in [0, 0.1) is 0 Å². The van der Waals surface area contributed by atoms with Crippen LogP contribution in [-0.4, -0.2) is 0 Å². The molecule has 0 fully saturated rings. The van der Waals surface area contributed by atoms with Crippen LogP contribution >= 0.6 is 11.3 Å². The molecule has 8 rings (SSSR count). The van der Waals surface area contributed by atoms with Crippen molar-refractivity contribution in [2.75, 3.05) is 0 Å². The molecule has 216 valence electrons. The SMILES string of the molecule is NC(NC(/C=C/c1ccc(-c2cccc3c2ccc2cc4ccccc4cc23)cc1)c1cc2ccccc2s1)c1ccccc1. The van der Waals surface area contributed by atoms with Crippen LogP contribution in [0.5, 0.6) is 0 Å². The van der Waals surface area contributed by atoms with Crippen molar-refractivity contribution >= 4 is 59.8 Å². The summed E-state index contributed by atoms with van der Waals surface area (Å²) in [5.74, 6) is 0. The predicted molar refractivity (Wildman–Crippen MR) is 195 cm³/mol. The molecule has 0 aliphatic carbocycles. The van der Waals surface area contributed by atoms with E-state index in [1.807, 2.05) is 29.5 Å². The van der Waals surface area contributed by atoms with Crippen LogP contribution in [0.3, 0.4) is 0 Å². The summed E-state index contributed by atoms with van der Waals surface area (Å²) in [5, 5.41) is 12.6. The first-order valence-corrected chi connectivity index (χ1v) is 16.2. The highest BCUT2D eigenvalue weighted by molar-refractivity contribution is 7.19. The fourth-order valence-electron chi connectivity index (χ4n) is 6.35. The Labute approximate surface area is 267 Å². The van der Waals surface area contributed by atoms with E-state index in [0.29, 0.717) is 0 Å². The van der Waals surface area contributed by atoms with E-state index in [4.69, 9.17) is 5.73 Å². The molecule has 0 radical (unpaired) electrons. The van der Waals surface area contributed by atoms with Crippen LogP contribution < -0.4 is 11.1 Å². The maximum absolute atomic E-state index is 6.65. The number of nitrogens with one attached hydrogen (secondary N) is 1. The Hall–Kier alpha value is -5.06. The largest absolute Gasteiger partial charge is 0.312 e. The summed E-state index contributed by atoms with van der Waals surface area (Å²) in [4.78, 5) is 1.24. The topological polar surface area (TPSA) is 38.0 Å². The number of fused-ring (bicyclic) bond motifs is 5. The van der Waals surface area contributed by atoms with E-state index in [0.717, 1.165) is 11.1 Å². The van der Waals surface area contributed by atoms with Gasteiger partial charge in [0, 0.05) is 9.58 Å². The van der Waals surface area contributed by atoms with Crippen LogP contribution in [0.25, 0.3) is 59.6 Å². The van der Waals surface area contributed by atoms with Gasteiger partial charge in [0.25, 0.3) is 0 Å². The van der Waals surface area contributed by atoms with E-state index in [1.165, 1.54) is 58.4 Å². The Kier molecular flexibility index (Phi) is 7.20. The summed E-state index contributed by atoms with van der Waals surface area (Å²) >= 11 is 1.81. The zero-order chi connectivity index (χ0) is 30.2. The first kappa shape index (κ1) is 27.5. The average molecular weight is 597 g/mol. The van der Waals surface area contributed by atoms with Crippen molar-refractivity contribution in [3.05, 3.63) is 174 Å². The third-order valence-corrected chi connectivity index (χ3v) is 9.91. The molecule has 0 spiro atoms. The Bertz CT molecular complexity index is 2280. The van der Waals surface area contributed by atoms with Crippen molar-refractivity contribution in [2.45, 2.75) is 12.2 Å². The first-order chi connectivity index (χ1) is 22.2. The number of hydrogen-bond acceptors (Lipinski definition) is 3. The zero-order valence-electron chi connectivity index (χ0n) is 24.7. The minimum Gasteiger partial charge on any atom is -0.312 e. The highest BCUT2D eigenvalue weighted by Crippen LogP contribution is 2.36. The lowest BCUT2D eigenvalue weighted by Gasteiger charge is -2.20. The maximum atomic E-state index is 6.65. The summed E-state index contributed by atoms with van der Waals surface area (Å²) in [5.41, 5.74) is 11.3. The van der Waals surface area contributed by atoms with Crippen LogP contribution in [0.1, 0.15) is 28.2 Å². The van der Waals surface area contributed by atoms with Gasteiger partial charge < -0.3 is 5.73 Å². The molecule has 1 aromatic heterocycles. The molecule has 0 saturated heterocycles. The molecule has 2 nitrogen and oxygen atoms in total. The summed E-state index contributed by atoms with van der Waals surface area (Å²) in [6.45, 7) is 0. The van der Waals surface area contributed by atoms with Gasteiger partial charge in [0.2, 0.25) is 0 Å². The van der Waals surface area contributed by atoms with Gasteiger partial charge >= 0.3 is 0 Å².